The molecule has 4 nitrogen and oxygen atoms in total. The second-order valence-electron chi connectivity index (χ2n) is 3.46. The van der Waals surface area contributed by atoms with E-state index in [1.165, 1.54) is 0 Å². The van der Waals surface area contributed by atoms with Crippen molar-refractivity contribution in [2.75, 3.05) is 11.5 Å². The quantitative estimate of drug-likeness (QED) is 0.773. The summed E-state index contributed by atoms with van der Waals surface area (Å²) in [6.45, 7) is 0. The third-order valence-electron chi connectivity index (χ3n) is 2.19. The fraction of sp³-hybridized carbons (Fsp3) is 0.444. The van der Waals surface area contributed by atoms with Crippen molar-refractivity contribution in [1.29, 1.82) is 0 Å². The minimum absolute atomic E-state index is 0.114. The van der Waals surface area contributed by atoms with Crippen LogP contribution in [0.25, 0.3) is 0 Å². The molecule has 0 saturated carbocycles. The molecule has 82 valence electrons. The van der Waals surface area contributed by atoms with Crippen LogP contribution in [0.3, 0.4) is 0 Å². The highest BCUT2D eigenvalue weighted by Crippen LogP contribution is 2.20. The standard InChI is InChI=1S/C9H10BrNO3S/c10-9-2-1-7(5-11-9)14-8-3-4-15(12,13)6-8/h1-2,5,8H,3-4,6H2. The Morgan fingerprint density at radius 1 is 1.47 bits per heavy atom. The van der Waals surface area contributed by atoms with Gasteiger partial charge in [-0.25, -0.2) is 13.4 Å². The van der Waals surface area contributed by atoms with Gasteiger partial charge in [0.05, 0.1) is 17.7 Å². The van der Waals surface area contributed by atoms with Crippen LogP contribution in [0.1, 0.15) is 6.42 Å². The normalized spacial score (nSPS) is 23.9. The maximum absolute atomic E-state index is 11.2. The first kappa shape index (κ1) is 10.9. The van der Waals surface area contributed by atoms with Gasteiger partial charge in [-0.3, -0.25) is 0 Å². The Bertz CT molecular complexity index is 443. The van der Waals surface area contributed by atoms with Crippen LogP contribution >= 0.6 is 15.9 Å². The highest BCUT2D eigenvalue weighted by Gasteiger charge is 2.29. The third kappa shape index (κ3) is 2.92. The summed E-state index contributed by atoms with van der Waals surface area (Å²) >= 11 is 3.21. The molecule has 1 saturated heterocycles. The fourth-order valence-corrected chi connectivity index (χ4v) is 3.30. The first-order valence-electron chi connectivity index (χ1n) is 4.54. The van der Waals surface area contributed by atoms with Crippen LogP contribution in [0, 0.1) is 0 Å². The van der Waals surface area contributed by atoms with E-state index in [0.29, 0.717) is 12.2 Å². The molecule has 0 bridgehead atoms. The Morgan fingerprint density at radius 2 is 2.27 bits per heavy atom. The van der Waals surface area contributed by atoms with E-state index in [4.69, 9.17) is 4.74 Å². The molecular formula is C9H10BrNO3S. The molecule has 1 fully saturated rings. The molecule has 15 heavy (non-hydrogen) atoms. The van der Waals surface area contributed by atoms with Gasteiger partial charge in [-0.1, -0.05) is 0 Å². The summed E-state index contributed by atoms with van der Waals surface area (Å²) in [6.07, 6.45) is 1.92. The maximum atomic E-state index is 11.2. The minimum Gasteiger partial charge on any atom is -0.488 e. The van der Waals surface area contributed by atoms with Crippen LogP contribution in [0.2, 0.25) is 0 Å². The van der Waals surface area contributed by atoms with E-state index in [0.717, 1.165) is 4.60 Å². The predicted molar refractivity (Wildman–Crippen MR) is 59.6 cm³/mol. The molecule has 0 radical (unpaired) electrons. The number of hydrogen-bond acceptors (Lipinski definition) is 4. The first-order chi connectivity index (χ1) is 7.05. The van der Waals surface area contributed by atoms with Gasteiger partial charge in [0, 0.05) is 0 Å². The van der Waals surface area contributed by atoms with E-state index in [2.05, 4.69) is 20.9 Å². The van der Waals surface area contributed by atoms with Gasteiger partial charge in [-0.2, -0.15) is 0 Å². The topological polar surface area (TPSA) is 56.3 Å². The maximum Gasteiger partial charge on any atom is 0.154 e. The lowest BCUT2D eigenvalue weighted by Gasteiger charge is -2.10. The van der Waals surface area contributed by atoms with Crippen molar-refractivity contribution >= 4 is 25.8 Å². The highest BCUT2D eigenvalue weighted by atomic mass is 79.9. The van der Waals surface area contributed by atoms with Crippen LogP contribution < -0.4 is 4.74 Å². The molecule has 0 N–H and O–H groups in total. The van der Waals surface area contributed by atoms with Gasteiger partial charge < -0.3 is 4.74 Å². The Kier molecular flexibility index (Phi) is 2.97. The van der Waals surface area contributed by atoms with Crippen molar-refractivity contribution in [2.45, 2.75) is 12.5 Å². The third-order valence-corrected chi connectivity index (χ3v) is 4.40. The number of pyridine rings is 1. The van der Waals surface area contributed by atoms with Crippen molar-refractivity contribution in [2.24, 2.45) is 0 Å². The molecule has 0 aliphatic carbocycles. The molecule has 0 amide bonds. The number of rotatable bonds is 2. The molecule has 6 heteroatoms. The monoisotopic (exact) mass is 291 g/mol. The van der Waals surface area contributed by atoms with Crippen LogP contribution in [-0.2, 0) is 9.84 Å². The van der Waals surface area contributed by atoms with Crippen LogP contribution in [0.5, 0.6) is 5.75 Å². The molecule has 2 rings (SSSR count). The Labute approximate surface area is 96.7 Å². The summed E-state index contributed by atoms with van der Waals surface area (Å²) in [5, 5.41) is 0. The highest BCUT2D eigenvalue weighted by molar-refractivity contribution is 9.10. The lowest BCUT2D eigenvalue weighted by atomic mass is 10.3. The molecule has 1 aromatic rings. The van der Waals surface area contributed by atoms with Gasteiger partial charge in [0.15, 0.2) is 9.84 Å². The summed E-state index contributed by atoms with van der Waals surface area (Å²) in [7, 11) is -2.88. The smallest absolute Gasteiger partial charge is 0.154 e. The van der Waals surface area contributed by atoms with Crippen molar-refractivity contribution in [3.63, 3.8) is 0 Å². The van der Waals surface area contributed by atoms with Crippen LogP contribution in [0.4, 0.5) is 0 Å². The number of halogens is 1. The van der Waals surface area contributed by atoms with Crippen LogP contribution in [-0.4, -0.2) is 31.0 Å². The average molecular weight is 292 g/mol. The zero-order chi connectivity index (χ0) is 10.9. The van der Waals surface area contributed by atoms with Gasteiger partial charge in [-0.05, 0) is 34.5 Å². The summed E-state index contributed by atoms with van der Waals surface area (Å²) in [4.78, 5) is 4.00. The number of aromatic nitrogens is 1. The van der Waals surface area contributed by atoms with E-state index in [9.17, 15) is 8.42 Å². The first-order valence-corrected chi connectivity index (χ1v) is 7.15. The molecular weight excluding hydrogens is 282 g/mol. The van der Waals surface area contributed by atoms with Gasteiger partial charge >= 0.3 is 0 Å². The Balaban J connectivity index is 2.02. The number of ether oxygens (including phenoxy) is 1. The number of hydrogen-bond donors (Lipinski definition) is 0. The number of nitrogens with zero attached hydrogens (tertiary/aromatic N) is 1. The van der Waals surface area contributed by atoms with Crippen molar-refractivity contribution in [1.82, 2.24) is 4.98 Å². The Morgan fingerprint density at radius 3 is 2.80 bits per heavy atom. The van der Waals surface area contributed by atoms with E-state index < -0.39 is 9.84 Å². The van der Waals surface area contributed by atoms with Crippen molar-refractivity contribution in [3.8, 4) is 5.75 Å². The zero-order valence-electron chi connectivity index (χ0n) is 7.89. The Hall–Kier alpha value is -0.620. The molecule has 1 aromatic heterocycles. The fourth-order valence-electron chi connectivity index (χ4n) is 1.48. The van der Waals surface area contributed by atoms with Gasteiger partial charge in [0.1, 0.15) is 16.5 Å². The van der Waals surface area contributed by atoms with Crippen molar-refractivity contribution < 1.29 is 13.2 Å². The summed E-state index contributed by atoms with van der Waals surface area (Å²) < 4.78 is 28.6. The lowest BCUT2D eigenvalue weighted by Crippen LogP contribution is -2.17. The molecule has 1 unspecified atom stereocenters. The predicted octanol–water partition coefficient (Wildman–Crippen LogP) is 1.41. The lowest BCUT2D eigenvalue weighted by molar-refractivity contribution is 0.228. The van der Waals surface area contributed by atoms with Crippen molar-refractivity contribution in [3.05, 3.63) is 22.9 Å². The summed E-state index contributed by atoms with van der Waals surface area (Å²) in [6, 6.07) is 3.53. The molecule has 1 atom stereocenters. The van der Waals surface area contributed by atoms with E-state index >= 15 is 0 Å². The summed E-state index contributed by atoms with van der Waals surface area (Å²) in [5.41, 5.74) is 0. The van der Waals surface area contributed by atoms with Gasteiger partial charge in [0.2, 0.25) is 0 Å². The van der Waals surface area contributed by atoms with Gasteiger partial charge in [0.25, 0.3) is 0 Å². The van der Waals surface area contributed by atoms with E-state index in [-0.39, 0.29) is 17.6 Å². The zero-order valence-corrected chi connectivity index (χ0v) is 10.3. The molecule has 1 aliphatic heterocycles. The largest absolute Gasteiger partial charge is 0.488 e. The number of sulfone groups is 1. The van der Waals surface area contributed by atoms with Crippen LogP contribution in [0.15, 0.2) is 22.9 Å². The second kappa shape index (κ2) is 4.09. The second-order valence-corrected chi connectivity index (χ2v) is 6.50. The molecule has 2 heterocycles. The average Bonchev–Trinajstić information content (AvgIpc) is 2.50. The minimum atomic E-state index is -2.88. The molecule has 0 spiro atoms. The molecule has 1 aliphatic rings. The molecule has 0 aromatic carbocycles. The van der Waals surface area contributed by atoms with E-state index in [1.807, 2.05) is 0 Å². The van der Waals surface area contributed by atoms with E-state index in [1.54, 1.807) is 18.3 Å². The SMILES string of the molecule is O=S1(=O)CCC(Oc2ccc(Br)nc2)C1. The van der Waals surface area contributed by atoms with Gasteiger partial charge in [-0.15, -0.1) is 0 Å². The summed E-state index contributed by atoms with van der Waals surface area (Å²) in [5.74, 6) is 0.949.